The first-order valence-electron chi connectivity index (χ1n) is 6.31. The van der Waals surface area contributed by atoms with Gasteiger partial charge in [0.2, 0.25) is 0 Å². The van der Waals surface area contributed by atoms with Crippen LogP contribution in [-0.2, 0) is 19.3 Å². The second kappa shape index (κ2) is 6.09. The number of rotatable bonds is 5. The van der Waals surface area contributed by atoms with Gasteiger partial charge in [-0.05, 0) is 24.1 Å². The molecule has 20 heavy (non-hydrogen) atoms. The fourth-order valence-corrected chi connectivity index (χ4v) is 1.96. The number of hydrogen-bond donors (Lipinski definition) is 1. The second-order valence-corrected chi connectivity index (χ2v) is 4.61. The molecular formula is C14H16F3N3. The Bertz CT molecular complexity index is 561. The summed E-state index contributed by atoms with van der Waals surface area (Å²) >= 11 is 0. The van der Waals surface area contributed by atoms with Crippen LogP contribution in [-0.4, -0.2) is 16.3 Å². The largest absolute Gasteiger partial charge is 0.416 e. The summed E-state index contributed by atoms with van der Waals surface area (Å²) in [6, 6.07) is 5.61. The van der Waals surface area contributed by atoms with Crippen molar-refractivity contribution in [1.82, 2.24) is 15.1 Å². The van der Waals surface area contributed by atoms with Gasteiger partial charge in [0.25, 0.3) is 0 Å². The lowest BCUT2D eigenvalue weighted by molar-refractivity contribution is -0.138. The van der Waals surface area contributed by atoms with Gasteiger partial charge in [-0.2, -0.15) is 18.3 Å². The molecule has 1 N–H and O–H groups in total. The third kappa shape index (κ3) is 3.84. The van der Waals surface area contributed by atoms with E-state index in [-0.39, 0.29) is 12.1 Å². The van der Waals surface area contributed by atoms with Gasteiger partial charge in [-0.25, -0.2) is 0 Å². The molecule has 0 unspecified atom stereocenters. The van der Waals surface area contributed by atoms with E-state index in [1.54, 1.807) is 16.9 Å². The topological polar surface area (TPSA) is 29.9 Å². The molecule has 0 aliphatic rings. The van der Waals surface area contributed by atoms with Crippen LogP contribution in [0.15, 0.2) is 36.7 Å². The normalized spacial score (nSPS) is 11.8. The Labute approximate surface area is 115 Å². The van der Waals surface area contributed by atoms with Crippen LogP contribution >= 0.6 is 0 Å². The minimum absolute atomic E-state index is 0.190. The Hall–Kier alpha value is -1.82. The van der Waals surface area contributed by atoms with E-state index in [2.05, 4.69) is 10.4 Å². The Morgan fingerprint density at radius 2 is 2.00 bits per heavy atom. The highest BCUT2D eigenvalue weighted by atomic mass is 19.4. The van der Waals surface area contributed by atoms with Gasteiger partial charge in [0.05, 0.1) is 18.3 Å². The number of nitrogens with zero attached hydrogens (tertiary/aromatic N) is 2. The number of aryl methyl sites for hydroxylation is 1. The Morgan fingerprint density at radius 3 is 2.65 bits per heavy atom. The molecule has 2 aromatic rings. The molecular weight excluding hydrogens is 267 g/mol. The number of halogens is 3. The number of alkyl halides is 3. The van der Waals surface area contributed by atoms with Gasteiger partial charge in [0.1, 0.15) is 0 Å². The second-order valence-electron chi connectivity index (χ2n) is 4.61. The first kappa shape index (κ1) is 14.6. The first-order valence-corrected chi connectivity index (χ1v) is 6.31. The van der Waals surface area contributed by atoms with Gasteiger partial charge in [-0.15, -0.1) is 0 Å². The SMILES string of the molecule is Cc1cnn(CCNCc2ccccc2C(F)(F)F)c1. The lowest BCUT2D eigenvalue weighted by Gasteiger charge is -2.13. The number of hydrogen-bond acceptors (Lipinski definition) is 2. The molecule has 0 saturated carbocycles. The first-order chi connectivity index (χ1) is 9.47. The summed E-state index contributed by atoms with van der Waals surface area (Å²) in [5.41, 5.74) is 0.742. The third-order valence-corrected chi connectivity index (χ3v) is 2.92. The van der Waals surface area contributed by atoms with Crippen LogP contribution in [0.4, 0.5) is 13.2 Å². The quantitative estimate of drug-likeness (QED) is 0.855. The minimum atomic E-state index is -4.31. The van der Waals surface area contributed by atoms with Crippen molar-refractivity contribution in [2.24, 2.45) is 0 Å². The lowest BCUT2D eigenvalue weighted by Crippen LogP contribution is -2.21. The molecule has 0 aliphatic carbocycles. The van der Waals surface area contributed by atoms with Crippen molar-refractivity contribution in [2.75, 3.05) is 6.54 Å². The van der Waals surface area contributed by atoms with Crippen LogP contribution in [0.2, 0.25) is 0 Å². The fraction of sp³-hybridized carbons (Fsp3) is 0.357. The van der Waals surface area contributed by atoms with E-state index in [9.17, 15) is 13.2 Å². The highest BCUT2D eigenvalue weighted by molar-refractivity contribution is 5.29. The summed E-state index contributed by atoms with van der Waals surface area (Å²) < 4.78 is 40.1. The van der Waals surface area contributed by atoms with Crippen LogP contribution in [0.3, 0.4) is 0 Å². The monoisotopic (exact) mass is 283 g/mol. The van der Waals surface area contributed by atoms with E-state index in [0.29, 0.717) is 13.1 Å². The van der Waals surface area contributed by atoms with E-state index in [1.165, 1.54) is 12.1 Å². The zero-order valence-corrected chi connectivity index (χ0v) is 11.1. The zero-order chi connectivity index (χ0) is 14.6. The molecule has 0 aliphatic heterocycles. The standard InChI is InChI=1S/C14H16F3N3/c1-11-8-19-20(10-11)7-6-18-9-12-4-2-3-5-13(12)14(15,16)17/h2-5,8,10,18H,6-7,9H2,1H3. The molecule has 1 aromatic heterocycles. The molecule has 0 radical (unpaired) electrons. The molecule has 1 aromatic carbocycles. The maximum Gasteiger partial charge on any atom is 0.416 e. The number of nitrogens with one attached hydrogen (secondary N) is 1. The van der Waals surface area contributed by atoms with E-state index in [4.69, 9.17) is 0 Å². The molecule has 0 fully saturated rings. The summed E-state index contributed by atoms with van der Waals surface area (Å²) in [5.74, 6) is 0. The van der Waals surface area contributed by atoms with Crippen LogP contribution < -0.4 is 5.32 Å². The smallest absolute Gasteiger partial charge is 0.311 e. The summed E-state index contributed by atoms with van der Waals surface area (Å²) in [6.45, 7) is 3.32. The zero-order valence-electron chi connectivity index (χ0n) is 11.1. The summed E-state index contributed by atoms with van der Waals surface area (Å²) in [4.78, 5) is 0. The fourth-order valence-electron chi connectivity index (χ4n) is 1.96. The maximum atomic E-state index is 12.8. The Kier molecular flexibility index (Phi) is 4.44. The molecule has 0 spiro atoms. The van der Waals surface area contributed by atoms with Crippen molar-refractivity contribution in [3.63, 3.8) is 0 Å². The molecule has 1 heterocycles. The van der Waals surface area contributed by atoms with Crippen molar-refractivity contribution in [3.05, 3.63) is 53.3 Å². The minimum Gasteiger partial charge on any atom is -0.311 e. The van der Waals surface area contributed by atoms with Crippen molar-refractivity contribution in [2.45, 2.75) is 26.2 Å². The van der Waals surface area contributed by atoms with Crippen LogP contribution in [0, 0.1) is 6.92 Å². The highest BCUT2D eigenvalue weighted by Gasteiger charge is 2.32. The molecule has 108 valence electrons. The third-order valence-electron chi connectivity index (χ3n) is 2.92. The molecule has 2 rings (SSSR count). The molecule has 0 amide bonds. The lowest BCUT2D eigenvalue weighted by atomic mass is 10.1. The molecule has 0 saturated heterocycles. The Morgan fingerprint density at radius 1 is 1.25 bits per heavy atom. The molecule has 0 bridgehead atoms. The van der Waals surface area contributed by atoms with Crippen molar-refractivity contribution in [3.8, 4) is 0 Å². The van der Waals surface area contributed by atoms with Gasteiger partial charge in [-0.1, -0.05) is 18.2 Å². The number of aromatic nitrogens is 2. The van der Waals surface area contributed by atoms with Crippen molar-refractivity contribution < 1.29 is 13.2 Å². The van der Waals surface area contributed by atoms with Gasteiger partial charge in [0, 0.05) is 19.3 Å². The van der Waals surface area contributed by atoms with Crippen LogP contribution in [0.5, 0.6) is 0 Å². The van der Waals surface area contributed by atoms with E-state index in [0.717, 1.165) is 11.6 Å². The van der Waals surface area contributed by atoms with Gasteiger partial charge in [0.15, 0.2) is 0 Å². The predicted molar refractivity (Wildman–Crippen MR) is 70.1 cm³/mol. The van der Waals surface area contributed by atoms with Crippen LogP contribution in [0.25, 0.3) is 0 Å². The maximum absolute atomic E-state index is 12.8. The van der Waals surface area contributed by atoms with E-state index >= 15 is 0 Å². The summed E-state index contributed by atoms with van der Waals surface area (Å²) in [5, 5.41) is 7.12. The van der Waals surface area contributed by atoms with Gasteiger partial charge < -0.3 is 5.32 Å². The molecule has 3 nitrogen and oxygen atoms in total. The summed E-state index contributed by atoms with van der Waals surface area (Å²) in [7, 11) is 0. The van der Waals surface area contributed by atoms with E-state index in [1.807, 2.05) is 13.1 Å². The summed E-state index contributed by atoms with van der Waals surface area (Å²) in [6.07, 6.45) is -0.665. The molecule has 0 atom stereocenters. The molecule has 6 heteroatoms. The number of benzene rings is 1. The van der Waals surface area contributed by atoms with Crippen LogP contribution in [0.1, 0.15) is 16.7 Å². The Balaban J connectivity index is 1.88. The highest BCUT2D eigenvalue weighted by Crippen LogP contribution is 2.31. The van der Waals surface area contributed by atoms with Crippen molar-refractivity contribution >= 4 is 0 Å². The van der Waals surface area contributed by atoms with E-state index < -0.39 is 11.7 Å². The average Bonchev–Trinajstić information content (AvgIpc) is 2.80. The van der Waals surface area contributed by atoms with Crippen molar-refractivity contribution in [1.29, 1.82) is 0 Å². The predicted octanol–water partition coefficient (Wildman–Crippen LogP) is 3.00. The van der Waals surface area contributed by atoms with Gasteiger partial charge >= 0.3 is 6.18 Å². The average molecular weight is 283 g/mol. The van der Waals surface area contributed by atoms with Gasteiger partial charge in [-0.3, -0.25) is 4.68 Å².